The Morgan fingerprint density at radius 1 is 1.08 bits per heavy atom. The highest BCUT2D eigenvalue weighted by Crippen LogP contribution is 2.15. The fourth-order valence-electron chi connectivity index (χ4n) is 2.48. The standard InChI is InChI=1S/C17H27N3O3S/c1-10(2)20(11(3)4)16(22)14(7)23-15(21)9-24-17-18-12(5)8-13(6)19-17/h8,10-11,14H,9H2,1-7H3/t14-/m0/s1. The zero-order valence-corrected chi connectivity index (χ0v) is 16.3. The molecule has 0 aliphatic carbocycles. The van der Waals surface area contributed by atoms with Crippen LogP contribution in [0.25, 0.3) is 0 Å². The van der Waals surface area contributed by atoms with Gasteiger partial charge in [-0.15, -0.1) is 0 Å². The van der Waals surface area contributed by atoms with E-state index in [4.69, 9.17) is 4.74 Å². The molecule has 0 aliphatic rings. The van der Waals surface area contributed by atoms with Crippen molar-refractivity contribution in [2.75, 3.05) is 5.75 Å². The molecule has 0 N–H and O–H groups in total. The maximum atomic E-state index is 12.4. The van der Waals surface area contributed by atoms with E-state index in [0.29, 0.717) is 5.16 Å². The number of rotatable bonds is 7. The van der Waals surface area contributed by atoms with Crippen molar-refractivity contribution in [2.45, 2.75) is 71.8 Å². The van der Waals surface area contributed by atoms with Crippen LogP contribution < -0.4 is 0 Å². The normalized spacial score (nSPS) is 12.4. The molecular weight excluding hydrogens is 326 g/mol. The zero-order chi connectivity index (χ0) is 18.4. The third-order valence-electron chi connectivity index (χ3n) is 3.30. The highest BCUT2D eigenvalue weighted by Gasteiger charge is 2.27. The number of aromatic nitrogens is 2. The van der Waals surface area contributed by atoms with E-state index in [9.17, 15) is 9.59 Å². The zero-order valence-electron chi connectivity index (χ0n) is 15.5. The second kappa shape index (κ2) is 9.01. The Hall–Kier alpha value is -1.63. The number of esters is 1. The highest BCUT2D eigenvalue weighted by atomic mass is 32.2. The van der Waals surface area contributed by atoms with Crippen molar-refractivity contribution in [3.63, 3.8) is 0 Å². The number of hydrogen-bond donors (Lipinski definition) is 0. The van der Waals surface area contributed by atoms with E-state index in [1.165, 1.54) is 11.8 Å². The van der Waals surface area contributed by atoms with Gasteiger partial charge in [-0.3, -0.25) is 9.59 Å². The Morgan fingerprint density at radius 2 is 1.58 bits per heavy atom. The fourth-order valence-corrected chi connectivity index (χ4v) is 3.21. The van der Waals surface area contributed by atoms with E-state index in [1.807, 2.05) is 47.6 Å². The summed E-state index contributed by atoms with van der Waals surface area (Å²) in [7, 11) is 0. The number of amides is 1. The van der Waals surface area contributed by atoms with Crippen LogP contribution in [0.5, 0.6) is 0 Å². The Kier molecular flexibility index (Phi) is 7.66. The van der Waals surface area contributed by atoms with Crippen LogP contribution in [0.4, 0.5) is 0 Å². The van der Waals surface area contributed by atoms with Crippen molar-refractivity contribution < 1.29 is 14.3 Å². The van der Waals surface area contributed by atoms with E-state index in [2.05, 4.69) is 9.97 Å². The molecule has 0 aliphatic heterocycles. The summed E-state index contributed by atoms with van der Waals surface area (Å²) in [6, 6.07) is 1.98. The molecular formula is C17H27N3O3S. The van der Waals surface area contributed by atoms with Crippen LogP contribution in [0.1, 0.15) is 46.0 Å². The maximum absolute atomic E-state index is 12.4. The van der Waals surface area contributed by atoms with Crippen molar-refractivity contribution in [1.29, 1.82) is 0 Å². The lowest BCUT2D eigenvalue weighted by Gasteiger charge is -2.32. The summed E-state index contributed by atoms with van der Waals surface area (Å²) in [5.41, 5.74) is 1.71. The molecule has 0 saturated carbocycles. The first-order valence-electron chi connectivity index (χ1n) is 8.08. The van der Waals surface area contributed by atoms with E-state index >= 15 is 0 Å². The van der Waals surface area contributed by atoms with Gasteiger partial charge in [-0.25, -0.2) is 9.97 Å². The lowest BCUT2D eigenvalue weighted by Crippen LogP contribution is -2.47. The molecule has 0 spiro atoms. The number of ether oxygens (including phenoxy) is 1. The molecule has 7 heteroatoms. The Morgan fingerprint density at radius 3 is 2.04 bits per heavy atom. The Labute approximate surface area is 148 Å². The molecule has 0 radical (unpaired) electrons. The van der Waals surface area contributed by atoms with E-state index in [0.717, 1.165) is 11.4 Å². The summed E-state index contributed by atoms with van der Waals surface area (Å²) >= 11 is 1.21. The van der Waals surface area contributed by atoms with Crippen molar-refractivity contribution >= 4 is 23.6 Å². The monoisotopic (exact) mass is 353 g/mol. The van der Waals surface area contributed by atoms with Crippen LogP contribution in [0.2, 0.25) is 0 Å². The third-order valence-corrected chi connectivity index (χ3v) is 4.12. The average Bonchev–Trinajstić information content (AvgIpc) is 2.43. The lowest BCUT2D eigenvalue weighted by atomic mass is 10.2. The van der Waals surface area contributed by atoms with Gasteiger partial charge in [0.05, 0.1) is 5.75 Å². The summed E-state index contributed by atoms with van der Waals surface area (Å²) in [5, 5.41) is 0.536. The van der Waals surface area contributed by atoms with Crippen molar-refractivity contribution in [2.24, 2.45) is 0 Å². The predicted molar refractivity (Wildman–Crippen MR) is 94.9 cm³/mol. The molecule has 24 heavy (non-hydrogen) atoms. The van der Waals surface area contributed by atoms with Gasteiger partial charge in [-0.2, -0.15) is 0 Å². The molecule has 0 saturated heterocycles. The molecule has 1 amide bonds. The molecule has 134 valence electrons. The van der Waals surface area contributed by atoms with Gasteiger partial charge < -0.3 is 9.64 Å². The van der Waals surface area contributed by atoms with Crippen LogP contribution in [0.15, 0.2) is 11.2 Å². The van der Waals surface area contributed by atoms with Crippen LogP contribution in [0.3, 0.4) is 0 Å². The fraction of sp³-hybridized carbons (Fsp3) is 0.647. The predicted octanol–water partition coefficient (Wildman–Crippen LogP) is 2.76. The van der Waals surface area contributed by atoms with Gasteiger partial charge in [0.25, 0.3) is 5.91 Å². The molecule has 1 rings (SSSR count). The second-order valence-electron chi connectivity index (χ2n) is 6.29. The highest BCUT2D eigenvalue weighted by molar-refractivity contribution is 7.99. The number of carbonyl (C=O) groups is 2. The minimum atomic E-state index is -0.803. The topological polar surface area (TPSA) is 72.4 Å². The Balaban J connectivity index is 2.59. The van der Waals surface area contributed by atoms with Gasteiger partial charge in [-0.05, 0) is 54.5 Å². The van der Waals surface area contributed by atoms with Gasteiger partial charge >= 0.3 is 5.97 Å². The SMILES string of the molecule is Cc1cc(C)nc(SCC(=O)O[C@@H](C)C(=O)N(C(C)C)C(C)C)n1. The summed E-state index contributed by atoms with van der Waals surface area (Å²) in [4.78, 5) is 34.7. The van der Waals surface area contributed by atoms with Gasteiger partial charge in [0.2, 0.25) is 0 Å². The summed E-state index contributed by atoms with van der Waals surface area (Å²) in [6.07, 6.45) is -0.803. The molecule has 1 aromatic rings. The molecule has 0 bridgehead atoms. The molecule has 0 aromatic carbocycles. The quantitative estimate of drug-likeness (QED) is 0.426. The summed E-state index contributed by atoms with van der Waals surface area (Å²) < 4.78 is 5.27. The van der Waals surface area contributed by atoms with Crippen LogP contribution >= 0.6 is 11.8 Å². The van der Waals surface area contributed by atoms with Crippen LogP contribution in [-0.2, 0) is 14.3 Å². The molecule has 0 unspecified atom stereocenters. The number of nitrogens with zero attached hydrogens (tertiary/aromatic N) is 3. The first-order valence-corrected chi connectivity index (χ1v) is 9.07. The van der Waals surface area contributed by atoms with Crippen molar-refractivity contribution in [3.8, 4) is 0 Å². The van der Waals surface area contributed by atoms with E-state index < -0.39 is 12.1 Å². The van der Waals surface area contributed by atoms with Crippen molar-refractivity contribution in [1.82, 2.24) is 14.9 Å². The second-order valence-corrected chi connectivity index (χ2v) is 7.23. The van der Waals surface area contributed by atoms with Crippen molar-refractivity contribution in [3.05, 3.63) is 17.5 Å². The molecule has 6 nitrogen and oxygen atoms in total. The number of aryl methyl sites for hydroxylation is 2. The number of thioether (sulfide) groups is 1. The Bertz CT molecular complexity index is 562. The minimum absolute atomic E-state index is 0.0525. The average molecular weight is 353 g/mol. The smallest absolute Gasteiger partial charge is 0.317 e. The molecule has 1 atom stereocenters. The first-order chi connectivity index (χ1) is 11.1. The lowest BCUT2D eigenvalue weighted by molar-refractivity contribution is -0.159. The first kappa shape index (κ1) is 20.4. The van der Waals surface area contributed by atoms with Gasteiger partial charge in [-0.1, -0.05) is 11.8 Å². The van der Waals surface area contributed by atoms with Crippen LogP contribution in [0, 0.1) is 13.8 Å². The minimum Gasteiger partial charge on any atom is -0.452 e. The largest absolute Gasteiger partial charge is 0.452 e. The molecule has 0 fully saturated rings. The summed E-state index contributed by atoms with van der Waals surface area (Å²) in [6.45, 7) is 13.1. The van der Waals surface area contributed by atoms with Gasteiger partial charge in [0.15, 0.2) is 11.3 Å². The third kappa shape index (κ3) is 6.11. The number of hydrogen-bond acceptors (Lipinski definition) is 6. The maximum Gasteiger partial charge on any atom is 0.317 e. The molecule has 1 aromatic heterocycles. The van der Waals surface area contributed by atoms with E-state index in [-0.39, 0.29) is 23.7 Å². The van der Waals surface area contributed by atoms with Gasteiger partial charge in [0, 0.05) is 23.5 Å². The molecule has 1 heterocycles. The van der Waals surface area contributed by atoms with E-state index in [1.54, 1.807) is 11.8 Å². The van der Waals surface area contributed by atoms with Gasteiger partial charge in [0.1, 0.15) is 0 Å². The summed E-state index contributed by atoms with van der Waals surface area (Å²) in [5.74, 6) is -0.554. The number of carbonyl (C=O) groups excluding carboxylic acids is 2. The van der Waals surface area contributed by atoms with Crippen LogP contribution in [-0.4, -0.2) is 50.7 Å².